The number of carbonyl (C=O) groups is 2. The maximum Gasteiger partial charge on any atom is 0.324 e. The van der Waals surface area contributed by atoms with Crippen LogP contribution in [0.2, 0.25) is 0 Å². The van der Waals surface area contributed by atoms with Gasteiger partial charge >= 0.3 is 12.0 Å². The molecule has 1 aliphatic rings. The fraction of sp³-hybridized carbons (Fsp3) is 0.314. The lowest BCUT2D eigenvalue weighted by atomic mass is 9.92. The molecule has 12 heteroatoms. The third-order valence-corrected chi connectivity index (χ3v) is 9.23. The lowest BCUT2D eigenvalue weighted by molar-refractivity contribution is -0.119. The van der Waals surface area contributed by atoms with E-state index in [9.17, 15) is 9.59 Å². The van der Waals surface area contributed by atoms with Gasteiger partial charge in [-0.3, -0.25) is 15.0 Å². The van der Waals surface area contributed by atoms with E-state index in [1.54, 1.807) is 15.8 Å². The molecule has 6 rings (SSSR count). The molecule has 3 aromatic heterocycles. The van der Waals surface area contributed by atoms with Gasteiger partial charge in [-0.25, -0.2) is 24.4 Å². The number of rotatable bonds is 7. The predicted molar refractivity (Wildman–Crippen MR) is 185 cm³/mol. The van der Waals surface area contributed by atoms with Gasteiger partial charge in [0.05, 0.1) is 34.3 Å². The number of urea groups is 1. The number of amides is 3. The summed E-state index contributed by atoms with van der Waals surface area (Å²) in [5, 5.41) is 11.3. The maximum atomic E-state index is 13.1. The number of nitrogens with one attached hydrogen (secondary N) is 2. The molecule has 0 unspecified atom stereocenters. The Morgan fingerprint density at radius 1 is 0.915 bits per heavy atom. The highest BCUT2D eigenvalue weighted by atomic mass is 32.1. The van der Waals surface area contributed by atoms with E-state index in [0.717, 1.165) is 57.5 Å². The second kappa shape index (κ2) is 13.0. The molecule has 4 heterocycles. The predicted octanol–water partition coefficient (Wildman–Crippen LogP) is 7.96. The van der Waals surface area contributed by atoms with Crippen LogP contribution in [0.15, 0.2) is 61.1 Å². The number of hydrogen-bond donors (Lipinski definition) is 2. The number of anilines is 3. The third kappa shape index (κ3) is 7.17. The first-order valence-electron chi connectivity index (χ1n) is 15.6. The summed E-state index contributed by atoms with van der Waals surface area (Å²) in [7, 11) is 0. The van der Waals surface area contributed by atoms with Crippen LogP contribution in [0.3, 0.4) is 0 Å². The van der Waals surface area contributed by atoms with E-state index in [1.807, 2.05) is 30.3 Å². The largest absolute Gasteiger partial charge is 0.424 e. The van der Waals surface area contributed by atoms with Crippen molar-refractivity contribution in [2.24, 2.45) is 0 Å². The lowest BCUT2D eigenvalue weighted by Gasteiger charge is -2.23. The van der Waals surface area contributed by atoms with Gasteiger partial charge in [-0.1, -0.05) is 32.1 Å². The van der Waals surface area contributed by atoms with E-state index in [2.05, 4.69) is 79.3 Å². The van der Waals surface area contributed by atoms with Crippen LogP contribution in [-0.2, 0) is 10.2 Å². The van der Waals surface area contributed by atoms with Gasteiger partial charge in [-0.05, 0) is 92.3 Å². The molecule has 1 fully saturated rings. The van der Waals surface area contributed by atoms with Crippen LogP contribution < -0.4 is 20.3 Å². The Labute approximate surface area is 278 Å². The smallest absolute Gasteiger partial charge is 0.324 e. The van der Waals surface area contributed by atoms with E-state index in [4.69, 9.17) is 9.84 Å². The number of nitrogens with zero attached hydrogens (tertiary/aromatic N) is 6. The summed E-state index contributed by atoms with van der Waals surface area (Å²) in [5.41, 5.74) is 6.43. The van der Waals surface area contributed by atoms with Gasteiger partial charge < -0.3 is 10.1 Å². The van der Waals surface area contributed by atoms with E-state index in [0.29, 0.717) is 23.7 Å². The summed E-state index contributed by atoms with van der Waals surface area (Å²) in [4.78, 5) is 41.1. The minimum atomic E-state index is -0.448. The molecule has 2 aromatic carbocycles. The summed E-state index contributed by atoms with van der Waals surface area (Å²) in [6.45, 7) is 13.2. The number of ether oxygens (including phenoxy) is 1. The highest BCUT2D eigenvalue weighted by Gasteiger charge is 2.23. The third-order valence-electron chi connectivity index (χ3n) is 8.16. The molecule has 1 aliphatic heterocycles. The zero-order chi connectivity index (χ0) is 33.3. The highest BCUT2D eigenvalue weighted by Crippen LogP contribution is 2.34. The average molecular weight is 651 g/mol. The summed E-state index contributed by atoms with van der Waals surface area (Å²) < 4.78 is 7.60. The van der Waals surface area contributed by atoms with Crippen LogP contribution in [0.25, 0.3) is 16.1 Å². The van der Waals surface area contributed by atoms with Crippen LogP contribution in [0, 0.1) is 20.8 Å². The average Bonchev–Trinajstić information content (AvgIpc) is 3.69. The molecule has 5 aromatic rings. The summed E-state index contributed by atoms with van der Waals surface area (Å²) in [6, 6.07) is 13.2. The number of aromatic nitrogens is 5. The van der Waals surface area contributed by atoms with Gasteiger partial charge in [0.1, 0.15) is 11.6 Å². The van der Waals surface area contributed by atoms with E-state index in [-0.39, 0.29) is 17.3 Å². The van der Waals surface area contributed by atoms with Crippen molar-refractivity contribution in [3.05, 3.63) is 83.4 Å². The first-order valence-corrected chi connectivity index (χ1v) is 16.4. The van der Waals surface area contributed by atoms with Gasteiger partial charge in [0, 0.05) is 30.6 Å². The molecule has 11 nitrogen and oxygen atoms in total. The molecular formula is C35H38N8O3S. The molecule has 1 saturated heterocycles. The van der Waals surface area contributed by atoms with Gasteiger partial charge in [-0.2, -0.15) is 5.10 Å². The molecule has 0 bridgehead atoms. The number of aryl methyl sites for hydroxylation is 2. The van der Waals surface area contributed by atoms with Gasteiger partial charge in [0.2, 0.25) is 5.91 Å². The van der Waals surface area contributed by atoms with Gasteiger partial charge in [0.15, 0.2) is 5.13 Å². The second-order valence-corrected chi connectivity index (χ2v) is 13.8. The molecule has 0 spiro atoms. The Balaban J connectivity index is 1.09. The minimum absolute atomic E-state index is 0.133. The van der Waals surface area contributed by atoms with Gasteiger partial charge in [-0.15, -0.1) is 0 Å². The number of benzene rings is 2. The van der Waals surface area contributed by atoms with Crippen molar-refractivity contribution < 1.29 is 14.3 Å². The van der Waals surface area contributed by atoms with Crippen LogP contribution in [0.1, 0.15) is 62.4 Å². The standard InChI is InChI=1S/C35H38N8O3S/c1-21-15-26(16-22(2)23(21)3)43-30(17-29(41-43)35(4,5)6)40-32(45)39-25-18-36-33(37-19-25)46-27-12-10-24(11-13-27)28-20-38-34(47-28)42-14-8-7-9-31(42)44/h10-13,15-20H,7-9,14H2,1-6H3,(H2,39,40,45). The Hall–Kier alpha value is -5.10. The van der Waals surface area contributed by atoms with E-state index < -0.39 is 6.03 Å². The maximum absolute atomic E-state index is 13.1. The summed E-state index contributed by atoms with van der Waals surface area (Å²) in [5.74, 6) is 1.25. The van der Waals surface area contributed by atoms with Crippen LogP contribution in [0.5, 0.6) is 11.8 Å². The normalized spacial score (nSPS) is 13.5. The van der Waals surface area contributed by atoms with Crippen molar-refractivity contribution in [3.63, 3.8) is 0 Å². The van der Waals surface area contributed by atoms with Gasteiger partial charge in [0.25, 0.3) is 0 Å². The molecule has 0 atom stereocenters. The minimum Gasteiger partial charge on any atom is -0.424 e. The van der Waals surface area contributed by atoms with Crippen molar-refractivity contribution in [3.8, 4) is 27.9 Å². The van der Waals surface area contributed by atoms with Crippen molar-refractivity contribution in [2.75, 3.05) is 22.1 Å². The Bertz CT molecular complexity index is 1900. The number of carbonyl (C=O) groups excluding carboxylic acids is 2. The molecule has 0 saturated carbocycles. The zero-order valence-electron chi connectivity index (χ0n) is 27.4. The fourth-order valence-corrected chi connectivity index (χ4v) is 6.17. The number of thiazole rings is 1. The SMILES string of the molecule is Cc1cc(-n2nc(C(C)(C)C)cc2NC(=O)Nc2cnc(Oc3ccc(-c4cnc(N5CCCCC5=O)s4)cc3)nc2)cc(C)c1C. The molecular weight excluding hydrogens is 613 g/mol. The molecule has 0 aliphatic carbocycles. The second-order valence-electron chi connectivity index (χ2n) is 12.8. The molecule has 47 heavy (non-hydrogen) atoms. The Morgan fingerprint density at radius 3 is 2.28 bits per heavy atom. The quantitative estimate of drug-likeness (QED) is 0.183. The van der Waals surface area contributed by atoms with Crippen molar-refractivity contribution in [2.45, 2.75) is 66.2 Å². The topological polar surface area (TPSA) is 127 Å². The number of piperidine rings is 1. The molecule has 242 valence electrons. The van der Waals surface area contributed by atoms with Crippen molar-refractivity contribution in [1.82, 2.24) is 24.7 Å². The monoisotopic (exact) mass is 650 g/mol. The summed E-state index contributed by atoms with van der Waals surface area (Å²) in [6.07, 6.45) is 7.28. The Kier molecular flexibility index (Phi) is 8.78. The van der Waals surface area contributed by atoms with E-state index in [1.165, 1.54) is 29.3 Å². The van der Waals surface area contributed by atoms with E-state index >= 15 is 0 Å². The molecule has 3 amide bonds. The van der Waals surface area contributed by atoms with Crippen LogP contribution >= 0.6 is 11.3 Å². The molecule has 2 N–H and O–H groups in total. The fourth-order valence-electron chi connectivity index (χ4n) is 5.20. The lowest BCUT2D eigenvalue weighted by Crippen LogP contribution is -2.34. The zero-order valence-corrected chi connectivity index (χ0v) is 28.2. The van der Waals surface area contributed by atoms with Crippen molar-refractivity contribution in [1.29, 1.82) is 0 Å². The number of hydrogen-bond acceptors (Lipinski definition) is 8. The van der Waals surface area contributed by atoms with Crippen LogP contribution in [-0.4, -0.2) is 43.2 Å². The highest BCUT2D eigenvalue weighted by molar-refractivity contribution is 7.19. The molecule has 0 radical (unpaired) electrons. The van der Waals surface area contributed by atoms with Crippen LogP contribution in [0.4, 0.5) is 21.4 Å². The Morgan fingerprint density at radius 2 is 1.62 bits per heavy atom. The van der Waals surface area contributed by atoms with Crippen molar-refractivity contribution >= 4 is 39.9 Å². The first-order chi connectivity index (χ1) is 22.4. The summed E-state index contributed by atoms with van der Waals surface area (Å²) >= 11 is 1.50. The first kappa shape index (κ1) is 31.9.